The van der Waals surface area contributed by atoms with Crippen molar-refractivity contribution >= 4 is 23.4 Å². The highest BCUT2D eigenvalue weighted by molar-refractivity contribution is 6.30. The SMILES string of the molecule is O=C(NCC(O)c1ccc(Cl)cc1)C1CCCN1C(=O)c1ccccc1OC(F)F. The predicted octanol–water partition coefficient (Wildman–Crippen LogP) is 3.40. The lowest BCUT2D eigenvalue weighted by atomic mass is 10.1. The van der Waals surface area contributed by atoms with Crippen LogP contribution in [-0.2, 0) is 4.79 Å². The quantitative estimate of drug-likeness (QED) is 0.694. The first kappa shape index (κ1) is 22.0. The highest BCUT2D eigenvalue weighted by Crippen LogP contribution is 2.26. The zero-order chi connectivity index (χ0) is 21.7. The molecule has 0 aromatic heterocycles. The predicted molar refractivity (Wildman–Crippen MR) is 107 cm³/mol. The fraction of sp³-hybridized carbons (Fsp3) is 0.333. The molecule has 2 unspecified atom stereocenters. The Hall–Kier alpha value is -2.71. The number of carbonyl (C=O) groups excluding carboxylic acids is 2. The Morgan fingerprint density at radius 3 is 2.60 bits per heavy atom. The van der Waals surface area contributed by atoms with Crippen molar-refractivity contribution in [3.8, 4) is 5.75 Å². The Labute approximate surface area is 177 Å². The number of halogens is 3. The van der Waals surface area contributed by atoms with Crippen molar-refractivity contribution in [2.24, 2.45) is 0 Å². The number of alkyl halides is 2. The molecular formula is C21H21ClF2N2O4. The maximum absolute atomic E-state index is 12.9. The number of rotatable bonds is 7. The van der Waals surface area contributed by atoms with E-state index >= 15 is 0 Å². The third-order valence-electron chi connectivity index (χ3n) is 4.87. The van der Waals surface area contributed by atoms with E-state index in [9.17, 15) is 23.5 Å². The van der Waals surface area contributed by atoms with Gasteiger partial charge in [0.15, 0.2) is 0 Å². The third-order valence-corrected chi connectivity index (χ3v) is 5.13. The first-order chi connectivity index (χ1) is 14.4. The summed E-state index contributed by atoms with van der Waals surface area (Å²) in [5.74, 6) is -1.20. The number of carbonyl (C=O) groups is 2. The van der Waals surface area contributed by atoms with Gasteiger partial charge in [0.1, 0.15) is 11.8 Å². The lowest BCUT2D eigenvalue weighted by molar-refractivity contribution is -0.125. The van der Waals surface area contributed by atoms with E-state index in [2.05, 4.69) is 10.1 Å². The van der Waals surface area contributed by atoms with E-state index in [0.29, 0.717) is 30.0 Å². The molecule has 6 nitrogen and oxygen atoms in total. The molecule has 1 heterocycles. The first-order valence-electron chi connectivity index (χ1n) is 9.43. The average molecular weight is 439 g/mol. The summed E-state index contributed by atoms with van der Waals surface area (Å²) in [6.45, 7) is -2.78. The number of hydrogen-bond acceptors (Lipinski definition) is 4. The molecule has 1 saturated heterocycles. The van der Waals surface area contributed by atoms with Crippen molar-refractivity contribution in [2.75, 3.05) is 13.1 Å². The van der Waals surface area contributed by atoms with Gasteiger partial charge in [-0.1, -0.05) is 35.9 Å². The van der Waals surface area contributed by atoms with Crippen LogP contribution in [0.1, 0.15) is 34.9 Å². The lowest BCUT2D eigenvalue weighted by Crippen LogP contribution is -2.46. The van der Waals surface area contributed by atoms with Crippen molar-refractivity contribution < 1.29 is 28.2 Å². The second kappa shape index (κ2) is 9.86. The summed E-state index contributed by atoms with van der Waals surface area (Å²) in [6, 6.07) is 11.5. The number of nitrogens with one attached hydrogen (secondary N) is 1. The molecule has 0 saturated carbocycles. The number of ether oxygens (including phenoxy) is 1. The van der Waals surface area contributed by atoms with E-state index in [1.54, 1.807) is 30.3 Å². The van der Waals surface area contributed by atoms with Crippen LogP contribution in [0.2, 0.25) is 5.02 Å². The largest absolute Gasteiger partial charge is 0.434 e. The number of benzene rings is 2. The maximum atomic E-state index is 12.9. The molecule has 1 aliphatic rings. The van der Waals surface area contributed by atoms with Crippen LogP contribution >= 0.6 is 11.6 Å². The van der Waals surface area contributed by atoms with E-state index in [1.807, 2.05) is 0 Å². The minimum atomic E-state index is -3.06. The van der Waals surface area contributed by atoms with Gasteiger partial charge in [-0.05, 0) is 42.7 Å². The second-order valence-corrected chi connectivity index (χ2v) is 7.28. The molecule has 0 spiro atoms. The van der Waals surface area contributed by atoms with Crippen molar-refractivity contribution in [1.29, 1.82) is 0 Å². The molecule has 0 bridgehead atoms. The Morgan fingerprint density at radius 1 is 1.20 bits per heavy atom. The average Bonchev–Trinajstić information content (AvgIpc) is 3.22. The number of aliphatic hydroxyl groups is 1. The van der Waals surface area contributed by atoms with Crippen LogP contribution in [-0.4, -0.2) is 47.6 Å². The van der Waals surface area contributed by atoms with Gasteiger partial charge in [0, 0.05) is 18.1 Å². The van der Waals surface area contributed by atoms with Crippen LogP contribution in [0.15, 0.2) is 48.5 Å². The lowest BCUT2D eigenvalue weighted by Gasteiger charge is -2.25. The van der Waals surface area contributed by atoms with Crippen molar-refractivity contribution in [2.45, 2.75) is 31.6 Å². The van der Waals surface area contributed by atoms with Crippen LogP contribution < -0.4 is 10.1 Å². The number of hydrogen-bond donors (Lipinski definition) is 2. The number of likely N-dealkylation sites (tertiary alicyclic amines) is 1. The Bertz CT molecular complexity index is 895. The van der Waals surface area contributed by atoms with Gasteiger partial charge in [-0.3, -0.25) is 9.59 Å². The van der Waals surface area contributed by atoms with Gasteiger partial charge in [0.05, 0.1) is 11.7 Å². The monoisotopic (exact) mass is 438 g/mol. The molecule has 2 atom stereocenters. The van der Waals surface area contributed by atoms with E-state index in [4.69, 9.17) is 11.6 Å². The standard InChI is InChI=1S/C21H21ClF2N2O4/c22-14-9-7-13(8-10-14)17(27)12-25-19(28)16-5-3-11-26(16)20(29)15-4-1-2-6-18(15)30-21(23)24/h1-2,4,6-10,16-17,21,27H,3,5,11-12H2,(H,25,28). The zero-order valence-electron chi connectivity index (χ0n) is 15.9. The molecule has 2 N–H and O–H groups in total. The summed E-state index contributed by atoms with van der Waals surface area (Å²) in [4.78, 5) is 26.9. The molecule has 9 heteroatoms. The number of amides is 2. The van der Waals surface area contributed by atoms with Gasteiger partial charge in [0.2, 0.25) is 5.91 Å². The molecule has 3 rings (SSSR count). The fourth-order valence-corrected chi connectivity index (χ4v) is 3.52. The number of nitrogens with zero attached hydrogens (tertiary/aromatic N) is 1. The maximum Gasteiger partial charge on any atom is 0.387 e. The third kappa shape index (κ3) is 5.25. The Balaban J connectivity index is 1.65. The van der Waals surface area contributed by atoms with Crippen molar-refractivity contribution in [3.63, 3.8) is 0 Å². The van der Waals surface area contributed by atoms with Gasteiger partial charge in [-0.2, -0.15) is 8.78 Å². The van der Waals surface area contributed by atoms with Crippen molar-refractivity contribution in [3.05, 3.63) is 64.7 Å². The topological polar surface area (TPSA) is 78.9 Å². The van der Waals surface area contributed by atoms with Crippen LogP contribution in [0.4, 0.5) is 8.78 Å². The van der Waals surface area contributed by atoms with Gasteiger partial charge in [-0.15, -0.1) is 0 Å². The minimum absolute atomic E-state index is 0.0290. The van der Waals surface area contributed by atoms with E-state index in [-0.39, 0.29) is 17.9 Å². The summed E-state index contributed by atoms with van der Waals surface area (Å²) >= 11 is 5.83. The van der Waals surface area contributed by atoms with Crippen LogP contribution in [0.3, 0.4) is 0 Å². The fourth-order valence-electron chi connectivity index (χ4n) is 3.40. The van der Waals surface area contributed by atoms with Crippen LogP contribution in [0, 0.1) is 0 Å². The molecular weight excluding hydrogens is 418 g/mol. The number of aliphatic hydroxyl groups excluding tert-OH is 1. The molecule has 160 valence electrons. The Morgan fingerprint density at radius 2 is 1.90 bits per heavy atom. The molecule has 2 amide bonds. The van der Waals surface area contributed by atoms with E-state index in [1.165, 1.54) is 23.1 Å². The van der Waals surface area contributed by atoms with Gasteiger partial charge >= 0.3 is 6.61 Å². The molecule has 30 heavy (non-hydrogen) atoms. The highest BCUT2D eigenvalue weighted by atomic mass is 35.5. The zero-order valence-corrected chi connectivity index (χ0v) is 16.7. The van der Waals surface area contributed by atoms with Gasteiger partial charge in [-0.25, -0.2) is 0 Å². The normalized spacial score (nSPS) is 17.1. The second-order valence-electron chi connectivity index (χ2n) is 6.84. The van der Waals surface area contributed by atoms with Crippen molar-refractivity contribution in [1.82, 2.24) is 10.2 Å². The minimum Gasteiger partial charge on any atom is -0.434 e. The van der Waals surface area contributed by atoms with Gasteiger partial charge < -0.3 is 20.1 Å². The smallest absolute Gasteiger partial charge is 0.387 e. The summed E-state index contributed by atoms with van der Waals surface area (Å²) in [7, 11) is 0. The van der Waals surface area contributed by atoms with Crippen LogP contribution in [0.5, 0.6) is 5.75 Å². The Kier molecular flexibility index (Phi) is 7.23. The summed E-state index contributed by atoms with van der Waals surface area (Å²) in [5, 5.41) is 13.4. The molecule has 1 fully saturated rings. The van der Waals surface area contributed by atoms with Gasteiger partial charge in [0.25, 0.3) is 5.91 Å². The highest BCUT2D eigenvalue weighted by Gasteiger charge is 2.35. The first-order valence-corrected chi connectivity index (χ1v) is 9.80. The summed E-state index contributed by atoms with van der Waals surface area (Å²) in [5.41, 5.74) is 0.566. The molecule has 0 radical (unpaired) electrons. The summed E-state index contributed by atoms with van der Waals surface area (Å²) in [6.07, 6.45) is 0.102. The molecule has 0 aliphatic carbocycles. The molecule has 1 aliphatic heterocycles. The molecule has 2 aromatic carbocycles. The molecule has 2 aromatic rings. The number of para-hydroxylation sites is 1. The van der Waals surface area contributed by atoms with Crippen LogP contribution in [0.25, 0.3) is 0 Å². The van der Waals surface area contributed by atoms with E-state index < -0.39 is 30.6 Å². The summed E-state index contributed by atoms with van der Waals surface area (Å²) < 4.78 is 29.7. The van der Waals surface area contributed by atoms with E-state index in [0.717, 1.165) is 0 Å².